The Morgan fingerprint density at radius 1 is 1.08 bits per heavy atom. The minimum Gasteiger partial charge on any atom is -0.481 e. The number of carboxylic acids is 1. The molecule has 1 saturated carbocycles. The number of aliphatic carboxylic acids is 1. The zero-order chi connectivity index (χ0) is 17.5. The Morgan fingerprint density at radius 3 is 2.24 bits per heavy atom. The molecule has 0 bridgehead atoms. The average molecular weight is 370 g/mol. The molecule has 5 N–H and O–H groups in total. The highest BCUT2D eigenvalue weighted by Gasteiger charge is 2.24. The molecule has 2 amide bonds. The Kier molecular flexibility index (Phi) is 8.37. The van der Waals surface area contributed by atoms with Crippen LogP contribution in [0, 0.1) is 5.92 Å². The first-order valence-electron chi connectivity index (χ1n) is 8.12. The second-order valence-corrected chi connectivity index (χ2v) is 6.08. The Hall–Kier alpha value is -2.12. The fourth-order valence-electron chi connectivity index (χ4n) is 2.72. The molecular formula is C17H24ClN3O4. The first-order chi connectivity index (χ1) is 11.5. The molecular weight excluding hydrogens is 346 g/mol. The molecule has 0 unspecified atom stereocenters. The molecule has 0 heterocycles. The Morgan fingerprint density at radius 2 is 1.68 bits per heavy atom. The van der Waals surface area contributed by atoms with Crippen molar-refractivity contribution in [2.24, 2.45) is 11.7 Å². The van der Waals surface area contributed by atoms with Crippen molar-refractivity contribution in [2.75, 3.05) is 11.9 Å². The van der Waals surface area contributed by atoms with Crippen LogP contribution in [0.1, 0.15) is 42.5 Å². The minimum absolute atomic E-state index is 0. The number of carbonyl (C=O) groups excluding carboxylic acids is 2. The number of carbonyl (C=O) groups is 3. The van der Waals surface area contributed by atoms with E-state index in [1.807, 2.05) is 0 Å². The van der Waals surface area contributed by atoms with E-state index in [1.54, 1.807) is 24.3 Å². The highest BCUT2D eigenvalue weighted by atomic mass is 35.5. The summed E-state index contributed by atoms with van der Waals surface area (Å²) in [5, 5.41) is 13.9. The molecule has 8 heteroatoms. The molecule has 1 fully saturated rings. The van der Waals surface area contributed by atoms with Crippen LogP contribution in [0.4, 0.5) is 5.69 Å². The summed E-state index contributed by atoms with van der Waals surface area (Å²) in [6.07, 6.45) is 3.22. The van der Waals surface area contributed by atoms with E-state index in [4.69, 9.17) is 10.8 Å². The van der Waals surface area contributed by atoms with Crippen LogP contribution in [0.2, 0.25) is 0 Å². The lowest BCUT2D eigenvalue weighted by atomic mass is 9.86. The van der Waals surface area contributed by atoms with Gasteiger partial charge in [0.25, 0.3) is 5.91 Å². The number of hydrogen-bond acceptors (Lipinski definition) is 4. The van der Waals surface area contributed by atoms with Crippen LogP contribution in [0.5, 0.6) is 0 Å². The van der Waals surface area contributed by atoms with E-state index in [2.05, 4.69) is 10.6 Å². The van der Waals surface area contributed by atoms with Gasteiger partial charge in [-0.05, 0) is 49.9 Å². The maximum atomic E-state index is 12.2. The van der Waals surface area contributed by atoms with Crippen LogP contribution in [-0.4, -0.2) is 35.5 Å². The summed E-state index contributed by atoms with van der Waals surface area (Å²) < 4.78 is 0. The average Bonchev–Trinajstić information content (AvgIpc) is 2.55. The summed E-state index contributed by atoms with van der Waals surface area (Å²) in [6.45, 7) is 0.0798. The van der Waals surface area contributed by atoms with Crippen molar-refractivity contribution in [2.45, 2.75) is 38.1 Å². The monoisotopic (exact) mass is 369 g/mol. The summed E-state index contributed by atoms with van der Waals surface area (Å²) in [4.78, 5) is 34.5. The van der Waals surface area contributed by atoms with Crippen molar-refractivity contribution in [3.63, 3.8) is 0 Å². The molecule has 0 saturated heterocycles. The lowest BCUT2D eigenvalue weighted by Crippen LogP contribution is -2.32. The number of nitrogens with one attached hydrogen (secondary N) is 2. The Balaban J connectivity index is 0.00000312. The van der Waals surface area contributed by atoms with Crippen molar-refractivity contribution < 1.29 is 19.5 Å². The molecule has 0 atom stereocenters. The van der Waals surface area contributed by atoms with Gasteiger partial charge in [0.05, 0.1) is 6.42 Å². The zero-order valence-corrected chi connectivity index (χ0v) is 14.7. The van der Waals surface area contributed by atoms with E-state index < -0.39 is 5.97 Å². The SMILES string of the molecule is Cl.NC1CCC(C(=O)Nc2ccc(C(=O)NCCC(=O)O)cc2)CC1. The highest BCUT2D eigenvalue weighted by Crippen LogP contribution is 2.24. The number of rotatable bonds is 6. The molecule has 0 radical (unpaired) electrons. The van der Waals surface area contributed by atoms with Gasteiger partial charge in [0.2, 0.25) is 5.91 Å². The van der Waals surface area contributed by atoms with Crippen molar-refractivity contribution in [3.8, 4) is 0 Å². The van der Waals surface area contributed by atoms with Gasteiger partial charge in [-0.2, -0.15) is 0 Å². The molecule has 25 heavy (non-hydrogen) atoms. The van der Waals surface area contributed by atoms with Crippen LogP contribution in [-0.2, 0) is 9.59 Å². The van der Waals surface area contributed by atoms with Crippen molar-refractivity contribution >= 4 is 35.9 Å². The molecule has 0 aliphatic heterocycles. The molecule has 0 spiro atoms. The number of hydrogen-bond donors (Lipinski definition) is 4. The van der Waals surface area contributed by atoms with Gasteiger partial charge in [0.15, 0.2) is 0 Å². The number of carboxylic acid groups (broad SMARTS) is 1. The third-order valence-electron chi connectivity index (χ3n) is 4.18. The zero-order valence-electron chi connectivity index (χ0n) is 13.9. The second kappa shape index (κ2) is 10.0. The first kappa shape index (κ1) is 20.9. The molecule has 1 aliphatic carbocycles. The fraction of sp³-hybridized carbons (Fsp3) is 0.471. The molecule has 2 rings (SSSR count). The third-order valence-corrected chi connectivity index (χ3v) is 4.18. The van der Waals surface area contributed by atoms with Crippen molar-refractivity contribution in [1.82, 2.24) is 5.32 Å². The molecule has 138 valence electrons. The normalized spacial score (nSPS) is 19.4. The van der Waals surface area contributed by atoms with Gasteiger partial charge in [0, 0.05) is 29.8 Å². The van der Waals surface area contributed by atoms with Crippen LogP contribution >= 0.6 is 12.4 Å². The van der Waals surface area contributed by atoms with Gasteiger partial charge in [-0.15, -0.1) is 12.4 Å². The summed E-state index contributed by atoms with van der Waals surface area (Å²) in [5.41, 5.74) is 6.90. The van der Waals surface area contributed by atoms with Gasteiger partial charge in [0.1, 0.15) is 0 Å². The number of amides is 2. The van der Waals surface area contributed by atoms with Gasteiger partial charge in [-0.3, -0.25) is 14.4 Å². The van der Waals surface area contributed by atoms with Crippen molar-refractivity contribution in [3.05, 3.63) is 29.8 Å². The van der Waals surface area contributed by atoms with E-state index in [0.717, 1.165) is 25.7 Å². The molecule has 1 aromatic rings. The topological polar surface area (TPSA) is 122 Å². The quantitative estimate of drug-likeness (QED) is 0.608. The van der Waals surface area contributed by atoms with E-state index in [9.17, 15) is 14.4 Å². The summed E-state index contributed by atoms with van der Waals surface area (Å²) in [6, 6.07) is 6.73. The standard InChI is InChI=1S/C17H23N3O4.ClH/c18-13-5-1-12(2-6-13)17(24)20-14-7-3-11(4-8-14)16(23)19-10-9-15(21)22;/h3-4,7-8,12-13H,1-2,5-6,9-10,18H2,(H,19,23)(H,20,24)(H,21,22);1H. The number of halogens is 1. The predicted octanol–water partition coefficient (Wildman–Crippen LogP) is 1.77. The molecule has 1 aromatic carbocycles. The molecule has 0 aromatic heterocycles. The third kappa shape index (κ3) is 6.72. The smallest absolute Gasteiger partial charge is 0.305 e. The molecule has 7 nitrogen and oxygen atoms in total. The Labute approximate surface area is 152 Å². The van der Waals surface area contributed by atoms with Crippen molar-refractivity contribution in [1.29, 1.82) is 0 Å². The maximum Gasteiger partial charge on any atom is 0.305 e. The highest BCUT2D eigenvalue weighted by molar-refractivity contribution is 5.96. The summed E-state index contributed by atoms with van der Waals surface area (Å²) in [5.74, 6) is -1.32. The van der Waals surface area contributed by atoms with Gasteiger partial charge < -0.3 is 21.5 Å². The number of anilines is 1. The van der Waals surface area contributed by atoms with E-state index in [1.165, 1.54) is 0 Å². The number of nitrogens with two attached hydrogens (primary N) is 1. The second-order valence-electron chi connectivity index (χ2n) is 6.08. The van der Waals surface area contributed by atoms with Crippen LogP contribution < -0.4 is 16.4 Å². The lowest BCUT2D eigenvalue weighted by Gasteiger charge is -2.25. The maximum absolute atomic E-state index is 12.2. The Bertz CT molecular complexity index is 598. The largest absolute Gasteiger partial charge is 0.481 e. The van der Waals surface area contributed by atoms with Gasteiger partial charge in [-0.25, -0.2) is 0 Å². The van der Waals surface area contributed by atoms with E-state index >= 15 is 0 Å². The van der Waals surface area contributed by atoms with E-state index in [0.29, 0.717) is 11.3 Å². The minimum atomic E-state index is -0.961. The predicted molar refractivity (Wildman–Crippen MR) is 96.8 cm³/mol. The summed E-state index contributed by atoms with van der Waals surface area (Å²) >= 11 is 0. The number of benzene rings is 1. The lowest BCUT2D eigenvalue weighted by molar-refractivity contribution is -0.136. The van der Waals surface area contributed by atoms with Crippen LogP contribution in [0.3, 0.4) is 0 Å². The van der Waals surface area contributed by atoms with Crippen LogP contribution in [0.15, 0.2) is 24.3 Å². The van der Waals surface area contributed by atoms with Gasteiger partial charge in [-0.1, -0.05) is 0 Å². The fourth-order valence-corrected chi connectivity index (χ4v) is 2.72. The van der Waals surface area contributed by atoms with Crippen LogP contribution in [0.25, 0.3) is 0 Å². The first-order valence-corrected chi connectivity index (χ1v) is 8.12. The summed E-state index contributed by atoms with van der Waals surface area (Å²) in [7, 11) is 0. The molecule has 1 aliphatic rings. The van der Waals surface area contributed by atoms with Gasteiger partial charge >= 0.3 is 5.97 Å². The van der Waals surface area contributed by atoms with E-state index in [-0.39, 0.29) is 49.1 Å².